The highest BCUT2D eigenvalue weighted by Gasteiger charge is 2.20. The van der Waals surface area contributed by atoms with Gasteiger partial charge in [0.25, 0.3) is 0 Å². The molecule has 2 N–H and O–H groups in total. The van der Waals surface area contributed by atoms with E-state index in [1.165, 1.54) is 27.0 Å². The number of carbonyl (C=O) groups excluding carboxylic acids is 1. The first kappa shape index (κ1) is 18.1. The van der Waals surface area contributed by atoms with Gasteiger partial charge in [0, 0.05) is 42.7 Å². The molecule has 27 heavy (non-hydrogen) atoms. The molecule has 0 bridgehead atoms. The smallest absolute Gasteiger partial charge is 0.315 e. The summed E-state index contributed by atoms with van der Waals surface area (Å²) < 4.78 is 7.90. The van der Waals surface area contributed by atoms with E-state index >= 15 is 0 Å². The van der Waals surface area contributed by atoms with Gasteiger partial charge in [-0.25, -0.2) is 4.79 Å². The molecule has 1 unspecified atom stereocenters. The maximum absolute atomic E-state index is 12.3. The van der Waals surface area contributed by atoms with Gasteiger partial charge in [-0.15, -0.1) is 11.3 Å². The summed E-state index contributed by atoms with van der Waals surface area (Å²) in [5.74, 6) is 0. The molecular weight excluding hydrogens is 358 g/mol. The van der Waals surface area contributed by atoms with Crippen LogP contribution in [0.25, 0.3) is 21.5 Å². The van der Waals surface area contributed by atoms with Crippen molar-refractivity contribution in [1.82, 2.24) is 15.2 Å². The lowest BCUT2D eigenvalue weighted by Gasteiger charge is -2.13. The lowest BCUT2D eigenvalue weighted by Crippen LogP contribution is -2.39. The Hall–Kier alpha value is -2.31. The fraction of sp³-hybridized carbons (Fsp3) is 0.381. The molecule has 2 amide bonds. The van der Waals surface area contributed by atoms with Crippen LogP contribution in [0.5, 0.6) is 0 Å². The summed E-state index contributed by atoms with van der Waals surface area (Å²) in [5.41, 5.74) is 3.58. The van der Waals surface area contributed by atoms with Crippen molar-refractivity contribution in [2.45, 2.75) is 39.0 Å². The van der Waals surface area contributed by atoms with Crippen molar-refractivity contribution in [3.05, 3.63) is 47.3 Å². The number of nitrogens with zero attached hydrogens (tertiary/aromatic N) is 1. The number of hydrogen-bond acceptors (Lipinski definition) is 3. The Morgan fingerprint density at radius 1 is 1.26 bits per heavy atom. The van der Waals surface area contributed by atoms with Gasteiger partial charge in [0.1, 0.15) is 0 Å². The Morgan fingerprint density at radius 3 is 2.89 bits per heavy atom. The Morgan fingerprint density at radius 2 is 2.15 bits per heavy atom. The van der Waals surface area contributed by atoms with Gasteiger partial charge in [-0.3, -0.25) is 0 Å². The Bertz CT molecular complexity index is 911. The molecule has 1 aliphatic rings. The van der Waals surface area contributed by atoms with Gasteiger partial charge in [0.15, 0.2) is 0 Å². The molecule has 2 aromatic heterocycles. The molecule has 0 aliphatic carbocycles. The largest absolute Gasteiger partial charge is 0.376 e. The van der Waals surface area contributed by atoms with E-state index in [0.29, 0.717) is 13.1 Å². The summed E-state index contributed by atoms with van der Waals surface area (Å²) in [5, 5.41) is 9.27. The van der Waals surface area contributed by atoms with Crippen LogP contribution >= 0.6 is 11.3 Å². The second-order valence-electron chi connectivity index (χ2n) is 6.76. The zero-order valence-electron chi connectivity index (χ0n) is 15.5. The lowest BCUT2D eigenvalue weighted by molar-refractivity contribution is 0.111. The molecule has 1 aliphatic heterocycles. The average molecular weight is 384 g/mol. The first-order valence-electron chi connectivity index (χ1n) is 9.55. The van der Waals surface area contributed by atoms with Crippen LogP contribution in [0.1, 0.15) is 25.3 Å². The first-order valence-corrected chi connectivity index (χ1v) is 10.4. The maximum Gasteiger partial charge on any atom is 0.315 e. The number of rotatable bonds is 6. The molecule has 1 saturated heterocycles. The van der Waals surface area contributed by atoms with Gasteiger partial charge in [-0.2, -0.15) is 0 Å². The van der Waals surface area contributed by atoms with E-state index in [9.17, 15) is 4.79 Å². The molecule has 1 aromatic carbocycles. The average Bonchev–Trinajstić information content (AvgIpc) is 3.44. The van der Waals surface area contributed by atoms with E-state index in [1.54, 1.807) is 11.3 Å². The molecular formula is C21H25N3O2S. The summed E-state index contributed by atoms with van der Waals surface area (Å²) in [6.45, 7) is 4.92. The van der Waals surface area contributed by atoms with Crippen LogP contribution in [0.3, 0.4) is 0 Å². The zero-order chi connectivity index (χ0) is 18.6. The third-order valence-electron chi connectivity index (χ3n) is 5.09. The molecule has 1 fully saturated rings. The van der Waals surface area contributed by atoms with Crippen LogP contribution < -0.4 is 10.6 Å². The van der Waals surface area contributed by atoms with Gasteiger partial charge in [-0.05, 0) is 37.3 Å². The number of fused-ring (bicyclic) bond motifs is 1. The van der Waals surface area contributed by atoms with Crippen LogP contribution in [0, 0.1) is 0 Å². The second kappa shape index (κ2) is 8.15. The molecule has 0 spiro atoms. The van der Waals surface area contributed by atoms with E-state index < -0.39 is 0 Å². The number of urea groups is 1. The van der Waals surface area contributed by atoms with Crippen molar-refractivity contribution in [3.8, 4) is 10.6 Å². The van der Waals surface area contributed by atoms with Gasteiger partial charge >= 0.3 is 6.03 Å². The molecule has 3 aromatic rings. The molecule has 0 saturated carbocycles. The van der Waals surface area contributed by atoms with Crippen molar-refractivity contribution in [2.24, 2.45) is 0 Å². The van der Waals surface area contributed by atoms with Crippen LogP contribution in [-0.4, -0.2) is 29.9 Å². The quantitative estimate of drug-likeness (QED) is 0.664. The molecule has 3 heterocycles. The van der Waals surface area contributed by atoms with E-state index in [4.69, 9.17) is 4.74 Å². The minimum absolute atomic E-state index is 0.143. The maximum atomic E-state index is 12.3. The highest BCUT2D eigenvalue weighted by Crippen LogP contribution is 2.36. The van der Waals surface area contributed by atoms with Gasteiger partial charge in [0.2, 0.25) is 0 Å². The SMILES string of the molecule is CCn1c(-c2cccs2)c(CNC(=O)NCC2CCCO2)c2ccccc21. The molecule has 0 radical (unpaired) electrons. The number of aromatic nitrogens is 1. The molecule has 4 rings (SSSR count). The number of benzene rings is 1. The predicted octanol–water partition coefficient (Wildman–Crippen LogP) is 4.37. The molecule has 1 atom stereocenters. The third kappa shape index (κ3) is 3.73. The number of ether oxygens (including phenoxy) is 1. The minimum Gasteiger partial charge on any atom is -0.376 e. The number of para-hydroxylation sites is 1. The number of thiophene rings is 1. The first-order chi connectivity index (χ1) is 13.3. The minimum atomic E-state index is -0.143. The number of amides is 2. The summed E-state index contributed by atoms with van der Waals surface area (Å²) in [6.07, 6.45) is 2.25. The van der Waals surface area contributed by atoms with Crippen LogP contribution in [0.4, 0.5) is 4.79 Å². The summed E-state index contributed by atoms with van der Waals surface area (Å²) in [4.78, 5) is 13.5. The predicted molar refractivity (Wildman–Crippen MR) is 110 cm³/mol. The van der Waals surface area contributed by atoms with E-state index in [0.717, 1.165) is 26.0 Å². The fourth-order valence-corrected chi connectivity index (χ4v) is 4.63. The van der Waals surface area contributed by atoms with Crippen LogP contribution in [0.15, 0.2) is 41.8 Å². The number of aryl methyl sites for hydroxylation is 1. The normalized spacial score (nSPS) is 16.7. The van der Waals surface area contributed by atoms with E-state index in [-0.39, 0.29) is 12.1 Å². The van der Waals surface area contributed by atoms with Crippen molar-refractivity contribution >= 4 is 28.3 Å². The zero-order valence-corrected chi connectivity index (χ0v) is 16.3. The van der Waals surface area contributed by atoms with Crippen molar-refractivity contribution in [1.29, 1.82) is 0 Å². The number of carbonyl (C=O) groups is 1. The summed E-state index contributed by atoms with van der Waals surface area (Å²) >= 11 is 1.73. The van der Waals surface area contributed by atoms with Crippen LogP contribution in [-0.2, 0) is 17.8 Å². The van der Waals surface area contributed by atoms with Gasteiger partial charge < -0.3 is 19.9 Å². The Labute approximate surface area is 163 Å². The van der Waals surface area contributed by atoms with Gasteiger partial charge in [-0.1, -0.05) is 24.3 Å². The highest BCUT2D eigenvalue weighted by atomic mass is 32.1. The Kier molecular flexibility index (Phi) is 5.45. The van der Waals surface area contributed by atoms with Gasteiger partial charge in [0.05, 0.1) is 16.7 Å². The summed E-state index contributed by atoms with van der Waals surface area (Å²) in [6, 6.07) is 12.5. The molecule has 5 nitrogen and oxygen atoms in total. The summed E-state index contributed by atoms with van der Waals surface area (Å²) in [7, 11) is 0. The number of nitrogens with one attached hydrogen (secondary N) is 2. The topological polar surface area (TPSA) is 55.3 Å². The van der Waals surface area contributed by atoms with E-state index in [1.807, 2.05) is 0 Å². The highest BCUT2D eigenvalue weighted by molar-refractivity contribution is 7.13. The van der Waals surface area contributed by atoms with Crippen molar-refractivity contribution < 1.29 is 9.53 Å². The Balaban J connectivity index is 1.57. The third-order valence-corrected chi connectivity index (χ3v) is 5.96. The van der Waals surface area contributed by atoms with Crippen LogP contribution in [0.2, 0.25) is 0 Å². The monoisotopic (exact) mass is 383 g/mol. The molecule has 142 valence electrons. The standard InChI is InChI=1S/C21H25N3O2S/c1-2-24-18-9-4-3-8-16(18)17(20(24)19-10-6-12-27-19)14-23-21(25)22-13-15-7-5-11-26-15/h3-4,6,8-10,12,15H,2,5,7,11,13-14H2,1H3,(H2,22,23,25). The fourth-order valence-electron chi connectivity index (χ4n) is 3.82. The molecule has 6 heteroatoms. The van der Waals surface area contributed by atoms with Crippen molar-refractivity contribution in [2.75, 3.05) is 13.2 Å². The lowest BCUT2D eigenvalue weighted by atomic mass is 10.1. The van der Waals surface area contributed by atoms with E-state index in [2.05, 4.69) is 63.9 Å². The second-order valence-corrected chi connectivity index (χ2v) is 7.71. The van der Waals surface area contributed by atoms with Crippen molar-refractivity contribution in [3.63, 3.8) is 0 Å². The number of hydrogen-bond donors (Lipinski definition) is 2.